The van der Waals surface area contributed by atoms with Crippen molar-refractivity contribution in [2.24, 2.45) is 0 Å². The summed E-state index contributed by atoms with van der Waals surface area (Å²) in [7, 11) is 0. The third-order valence-electron chi connectivity index (χ3n) is 2.69. The number of carbonyl (C=O) groups excluding carboxylic acids is 2. The molecule has 0 aliphatic rings. The van der Waals surface area contributed by atoms with Crippen LogP contribution in [0, 0.1) is 13.8 Å². The maximum Gasteiger partial charge on any atom is 0.150 e. The topological polar surface area (TPSA) is 54.4 Å². The SMILES string of the molecule is Cc1cccc(C)c1C=O.O=Cc1ccc(O)cc1. The Balaban J connectivity index is 0.000000191. The van der Waals surface area contributed by atoms with Crippen LogP contribution < -0.4 is 0 Å². The number of benzene rings is 2. The number of aldehydes is 2. The van der Waals surface area contributed by atoms with Gasteiger partial charge in [-0.1, -0.05) is 18.2 Å². The van der Waals surface area contributed by atoms with E-state index >= 15 is 0 Å². The Morgan fingerprint density at radius 2 is 1.37 bits per heavy atom. The Labute approximate surface area is 112 Å². The van der Waals surface area contributed by atoms with Crippen LogP contribution in [-0.2, 0) is 0 Å². The molecule has 0 amide bonds. The molecule has 3 heteroatoms. The van der Waals surface area contributed by atoms with Crippen LogP contribution in [0.5, 0.6) is 5.75 Å². The molecule has 0 saturated heterocycles. The zero-order chi connectivity index (χ0) is 14.3. The maximum absolute atomic E-state index is 10.4. The molecule has 19 heavy (non-hydrogen) atoms. The van der Waals surface area contributed by atoms with Gasteiger partial charge in [0.15, 0.2) is 6.29 Å². The summed E-state index contributed by atoms with van der Waals surface area (Å²) in [4.78, 5) is 20.5. The van der Waals surface area contributed by atoms with Crippen LogP contribution in [0.1, 0.15) is 31.8 Å². The van der Waals surface area contributed by atoms with Crippen molar-refractivity contribution in [2.75, 3.05) is 0 Å². The molecule has 0 aliphatic carbocycles. The minimum Gasteiger partial charge on any atom is -0.508 e. The highest BCUT2D eigenvalue weighted by Crippen LogP contribution is 2.09. The molecule has 98 valence electrons. The van der Waals surface area contributed by atoms with Gasteiger partial charge in [-0.3, -0.25) is 9.59 Å². The molecular weight excluding hydrogens is 240 g/mol. The molecule has 2 aromatic rings. The first kappa shape index (κ1) is 14.6. The molecule has 2 aromatic carbocycles. The van der Waals surface area contributed by atoms with Crippen molar-refractivity contribution in [2.45, 2.75) is 13.8 Å². The molecule has 0 bridgehead atoms. The Kier molecular flexibility index (Phi) is 5.48. The fourth-order valence-corrected chi connectivity index (χ4v) is 1.57. The van der Waals surface area contributed by atoms with Gasteiger partial charge in [-0.05, 0) is 49.2 Å². The molecule has 1 N–H and O–H groups in total. The first-order chi connectivity index (χ1) is 9.08. The molecule has 0 aliphatic heterocycles. The second-order valence-corrected chi connectivity index (χ2v) is 4.13. The Morgan fingerprint density at radius 1 is 0.842 bits per heavy atom. The van der Waals surface area contributed by atoms with Gasteiger partial charge in [-0.2, -0.15) is 0 Å². The van der Waals surface area contributed by atoms with E-state index in [-0.39, 0.29) is 5.75 Å². The minimum absolute atomic E-state index is 0.181. The van der Waals surface area contributed by atoms with E-state index < -0.39 is 0 Å². The van der Waals surface area contributed by atoms with E-state index in [4.69, 9.17) is 5.11 Å². The Morgan fingerprint density at radius 3 is 1.74 bits per heavy atom. The summed E-state index contributed by atoms with van der Waals surface area (Å²) < 4.78 is 0. The van der Waals surface area contributed by atoms with Crippen molar-refractivity contribution in [3.05, 3.63) is 64.7 Å². The highest BCUT2D eigenvalue weighted by molar-refractivity contribution is 5.79. The normalized spacial score (nSPS) is 9.16. The van der Waals surface area contributed by atoms with E-state index in [9.17, 15) is 9.59 Å². The summed E-state index contributed by atoms with van der Waals surface area (Å²) in [6, 6.07) is 11.9. The quantitative estimate of drug-likeness (QED) is 0.838. The van der Waals surface area contributed by atoms with E-state index in [0.717, 1.165) is 29.3 Å². The lowest BCUT2D eigenvalue weighted by molar-refractivity contribution is 0.111. The molecule has 0 aromatic heterocycles. The molecule has 0 radical (unpaired) electrons. The lowest BCUT2D eigenvalue weighted by Gasteiger charge is -1.99. The molecular formula is C16H16O3. The van der Waals surface area contributed by atoms with E-state index in [1.807, 2.05) is 32.0 Å². The molecule has 0 spiro atoms. The molecule has 2 rings (SSSR count). The number of rotatable bonds is 2. The highest BCUT2D eigenvalue weighted by Gasteiger charge is 1.97. The lowest BCUT2D eigenvalue weighted by atomic mass is 10.1. The third kappa shape index (κ3) is 4.39. The van der Waals surface area contributed by atoms with Crippen molar-refractivity contribution in [3.63, 3.8) is 0 Å². The van der Waals surface area contributed by atoms with Gasteiger partial charge in [0.2, 0.25) is 0 Å². The van der Waals surface area contributed by atoms with Crippen LogP contribution in [0.15, 0.2) is 42.5 Å². The van der Waals surface area contributed by atoms with Crippen LogP contribution >= 0.6 is 0 Å². The van der Waals surface area contributed by atoms with E-state index in [1.54, 1.807) is 12.1 Å². The van der Waals surface area contributed by atoms with Crippen LogP contribution in [0.25, 0.3) is 0 Å². The van der Waals surface area contributed by atoms with Gasteiger partial charge in [-0.25, -0.2) is 0 Å². The molecule has 0 saturated carbocycles. The largest absolute Gasteiger partial charge is 0.508 e. The second-order valence-electron chi connectivity index (χ2n) is 4.13. The second kappa shape index (κ2) is 7.11. The van der Waals surface area contributed by atoms with Gasteiger partial charge >= 0.3 is 0 Å². The molecule has 0 atom stereocenters. The molecule has 0 unspecified atom stereocenters. The monoisotopic (exact) mass is 256 g/mol. The summed E-state index contributed by atoms with van der Waals surface area (Å²) in [5, 5.41) is 8.74. The first-order valence-corrected chi connectivity index (χ1v) is 5.84. The van der Waals surface area contributed by atoms with Gasteiger partial charge in [0, 0.05) is 11.1 Å². The van der Waals surface area contributed by atoms with Gasteiger partial charge in [-0.15, -0.1) is 0 Å². The van der Waals surface area contributed by atoms with E-state index in [0.29, 0.717) is 5.56 Å². The molecule has 0 heterocycles. The smallest absolute Gasteiger partial charge is 0.150 e. The van der Waals surface area contributed by atoms with Crippen molar-refractivity contribution in [1.82, 2.24) is 0 Å². The van der Waals surface area contributed by atoms with Crippen LogP contribution in [0.2, 0.25) is 0 Å². The van der Waals surface area contributed by atoms with Gasteiger partial charge < -0.3 is 5.11 Å². The number of carbonyl (C=O) groups is 2. The summed E-state index contributed by atoms with van der Waals surface area (Å²) in [5.74, 6) is 0.181. The zero-order valence-corrected chi connectivity index (χ0v) is 11.0. The van der Waals surface area contributed by atoms with Crippen LogP contribution in [-0.4, -0.2) is 17.7 Å². The summed E-state index contributed by atoms with van der Waals surface area (Å²) >= 11 is 0. The Bertz CT molecular complexity index is 536. The van der Waals surface area contributed by atoms with Crippen molar-refractivity contribution >= 4 is 12.6 Å². The van der Waals surface area contributed by atoms with Crippen molar-refractivity contribution in [1.29, 1.82) is 0 Å². The lowest BCUT2D eigenvalue weighted by Crippen LogP contribution is -1.89. The van der Waals surface area contributed by atoms with Crippen molar-refractivity contribution in [3.8, 4) is 5.75 Å². The summed E-state index contributed by atoms with van der Waals surface area (Å²) in [6.07, 6.45) is 1.64. The first-order valence-electron chi connectivity index (χ1n) is 5.84. The summed E-state index contributed by atoms with van der Waals surface area (Å²) in [5.41, 5.74) is 3.50. The zero-order valence-electron chi connectivity index (χ0n) is 11.0. The van der Waals surface area contributed by atoms with Gasteiger partial charge in [0.05, 0.1) is 0 Å². The minimum atomic E-state index is 0.181. The fourth-order valence-electron chi connectivity index (χ4n) is 1.57. The average molecular weight is 256 g/mol. The average Bonchev–Trinajstić information content (AvgIpc) is 2.41. The van der Waals surface area contributed by atoms with Gasteiger partial charge in [0.1, 0.15) is 12.0 Å². The number of hydrogen-bond acceptors (Lipinski definition) is 3. The maximum atomic E-state index is 10.4. The standard InChI is InChI=1S/C9H10O.C7H6O2/c1-7-4-3-5-8(2)9(7)6-10;8-5-6-1-3-7(9)4-2-6/h3-6H,1-2H3;1-5,9H. The van der Waals surface area contributed by atoms with Crippen LogP contribution in [0.3, 0.4) is 0 Å². The van der Waals surface area contributed by atoms with E-state index in [1.165, 1.54) is 12.1 Å². The van der Waals surface area contributed by atoms with Crippen LogP contribution in [0.4, 0.5) is 0 Å². The predicted molar refractivity (Wildman–Crippen MR) is 74.8 cm³/mol. The van der Waals surface area contributed by atoms with Crippen molar-refractivity contribution < 1.29 is 14.7 Å². The number of hydrogen-bond donors (Lipinski definition) is 1. The number of aryl methyl sites for hydroxylation is 2. The molecule has 3 nitrogen and oxygen atoms in total. The summed E-state index contributed by atoms with van der Waals surface area (Å²) in [6.45, 7) is 3.88. The van der Waals surface area contributed by atoms with Gasteiger partial charge in [0.25, 0.3) is 0 Å². The van der Waals surface area contributed by atoms with E-state index in [2.05, 4.69) is 0 Å². The number of phenolic OH excluding ortho intramolecular Hbond substituents is 1. The third-order valence-corrected chi connectivity index (χ3v) is 2.69. The Hall–Kier alpha value is -2.42. The number of aromatic hydroxyl groups is 1. The fraction of sp³-hybridized carbons (Fsp3) is 0.125. The predicted octanol–water partition coefficient (Wildman–Crippen LogP) is 3.32. The number of phenols is 1. The molecule has 0 fully saturated rings. The highest BCUT2D eigenvalue weighted by atomic mass is 16.3.